The van der Waals surface area contributed by atoms with Gasteiger partial charge in [0.2, 0.25) is 0 Å². The van der Waals surface area contributed by atoms with Crippen LogP contribution in [0.15, 0.2) is 0 Å². The fourth-order valence-electron chi connectivity index (χ4n) is 2.78. The highest BCUT2D eigenvalue weighted by Gasteiger charge is 2.19. The highest BCUT2D eigenvalue weighted by Crippen LogP contribution is 2.15. The minimum absolute atomic E-state index is 0.829. The molecule has 0 saturated carbocycles. The molecule has 0 N–H and O–H groups in total. The molecule has 102 valence electrons. The Morgan fingerprint density at radius 3 is 2.12 bits per heavy atom. The quantitative estimate of drug-likeness (QED) is 0.600. The predicted molar refractivity (Wildman–Crippen MR) is 76.5 cm³/mol. The summed E-state index contributed by atoms with van der Waals surface area (Å²) in [6.45, 7) is 6.26. The first kappa shape index (κ1) is 15.0. The van der Waals surface area contributed by atoms with E-state index in [1.807, 2.05) is 0 Å². The van der Waals surface area contributed by atoms with Crippen molar-refractivity contribution in [3.8, 4) is 0 Å². The topological polar surface area (TPSA) is 6.48 Å². The lowest BCUT2D eigenvalue weighted by Gasteiger charge is -2.35. The van der Waals surface area contributed by atoms with Gasteiger partial charge in [-0.05, 0) is 53.0 Å². The van der Waals surface area contributed by atoms with Crippen molar-refractivity contribution in [1.82, 2.24) is 9.80 Å². The van der Waals surface area contributed by atoms with Gasteiger partial charge in [-0.1, -0.05) is 39.0 Å². The molecule has 1 saturated heterocycles. The van der Waals surface area contributed by atoms with E-state index in [0.717, 1.165) is 6.04 Å². The van der Waals surface area contributed by atoms with Crippen molar-refractivity contribution in [3.05, 3.63) is 0 Å². The number of hydrogen-bond donors (Lipinski definition) is 0. The van der Waals surface area contributed by atoms with Crippen LogP contribution in [0.3, 0.4) is 0 Å². The summed E-state index contributed by atoms with van der Waals surface area (Å²) in [6.07, 6.45) is 11.3. The maximum Gasteiger partial charge on any atom is 0.0113 e. The zero-order chi connectivity index (χ0) is 12.5. The van der Waals surface area contributed by atoms with E-state index < -0.39 is 0 Å². The monoisotopic (exact) mass is 240 g/mol. The molecule has 0 aromatic heterocycles. The summed E-state index contributed by atoms with van der Waals surface area (Å²) in [5, 5.41) is 0. The van der Waals surface area contributed by atoms with Gasteiger partial charge in [0.1, 0.15) is 0 Å². The normalized spacial score (nSPS) is 19.1. The van der Waals surface area contributed by atoms with E-state index in [2.05, 4.69) is 30.8 Å². The van der Waals surface area contributed by atoms with Crippen LogP contribution in [0.2, 0.25) is 0 Å². The standard InChI is InChI=1S/C15H32N2/c1-4-5-6-7-8-9-12-17-13-10-15(11-14-17)16(2)3/h15H,4-14H2,1-3H3. The molecule has 1 aliphatic rings. The molecule has 0 amide bonds. The molecule has 0 unspecified atom stereocenters. The van der Waals surface area contributed by atoms with Crippen molar-refractivity contribution in [2.45, 2.75) is 64.3 Å². The lowest BCUT2D eigenvalue weighted by molar-refractivity contribution is 0.143. The van der Waals surface area contributed by atoms with Gasteiger partial charge < -0.3 is 9.80 Å². The molecule has 0 atom stereocenters. The van der Waals surface area contributed by atoms with Crippen LogP contribution < -0.4 is 0 Å². The van der Waals surface area contributed by atoms with E-state index in [1.165, 1.54) is 71.0 Å². The first-order valence-corrected chi connectivity index (χ1v) is 7.62. The van der Waals surface area contributed by atoms with Crippen LogP contribution >= 0.6 is 0 Å². The summed E-state index contributed by atoms with van der Waals surface area (Å²) in [5.41, 5.74) is 0. The van der Waals surface area contributed by atoms with E-state index in [-0.39, 0.29) is 0 Å². The molecular weight excluding hydrogens is 208 g/mol. The van der Waals surface area contributed by atoms with Crippen LogP contribution in [0.4, 0.5) is 0 Å². The average Bonchev–Trinajstić information content (AvgIpc) is 2.34. The van der Waals surface area contributed by atoms with Crippen molar-refractivity contribution < 1.29 is 0 Å². The van der Waals surface area contributed by atoms with Crippen LogP contribution in [-0.2, 0) is 0 Å². The van der Waals surface area contributed by atoms with Crippen LogP contribution in [-0.4, -0.2) is 49.6 Å². The predicted octanol–water partition coefficient (Wildman–Crippen LogP) is 3.37. The Balaban J connectivity index is 1.95. The average molecular weight is 240 g/mol. The Labute approximate surface area is 108 Å². The Hall–Kier alpha value is -0.0800. The van der Waals surface area contributed by atoms with Crippen LogP contribution in [0.1, 0.15) is 58.3 Å². The molecule has 0 aromatic carbocycles. The lowest BCUT2D eigenvalue weighted by atomic mass is 10.0. The van der Waals surface area contributed by atoms with Gasteiger partial charge >= 0.3 is 0 Å². The van der Waals surface area contributed by atoms with Crippen molar-refractivity contribution in [2.75, 3.05) is 33.7 Å². The second kappa shape index (κ2) is 8.93. The van der Waals surface area contributed by atoms with Crippen LogP contribution in [0, 0.1) is 0 Å². The van der Waals surface area contributed by atoms with Gasteiger partial charge in [0.05, 0.1) is 0 Å². The molecule has 0 spiro atoms. The maximum atomic E-state index is 2.67. The molecule has 0 radical (unpaired) electrons. The Morgan fingerprint density at radius 1 is 0.941 bits per heavy atom. The highest BCUT2D eigenvalue weighted by molar-refractivity contribution is 4.76. The van der Waals surface area contributed by atoms with E-state index >= 15 is 0 Å². The second-order valence-electron chi connectivity index (χ2n) is 5.80. The van der Waals surface area contributed by atoms with Gasteiger partial charge in [0, 0.05) is 6.04 Å². The molecule has 0 aromatic rings. The molecule has 2 heteroatoms. The number of rotatable bonds is 8. The Morgan fingerprint density at radius 2 is 1.53 bits per heavy atom. The van der Waals surface area contributed by atoms with Gasteiger partial charge in [-0.15, -0.1) is 0 Å². The fourth-order valence-corrected chi connectivity index (χ4v) is 2.78. The maximum absolute atomic E-state index is 2.67. The number of hydrogen-bond acceptors (Lipinski definition) is 2. The first-order valence-electron chi connectivity index (χ1n) is 7.62. The summed E-state index contributed by atoms with van der Waals surface area (Å²) >= 11 is 0. The Kier molecular flexibility index (Phi) is 7.87. The lowest BCUT2D eigenvalue weighted by Crippen LogP contribution is -2.42. The Bertz CT molecular complexity index is 172. The molecule has 1 aliphatic heterocycles. The van der Waals surface area contributed by atoms with Crippen LogP contribution in [0.5, 0.6) is 0 Å². The largest absolute Gasteiger partial charge is 0.306 e. The number of unbranched alkanes of at least 4 members (excludes halogenated alkanes) is 5. The second-order valence-corrected chi connectivity index (χ2v) is 5.80. The zero-order valence-electron chi connectivity index (χ0n) is 12.2. The fraction of sp³-hybridized carbons (Fsp3) is 1.00. The zero-order valence-corrected chi connectivity index (χ0v) is 12.2. The van der Waals surface area contributed by atoms with Gasteiger partial charge in [-0.2, -0.15) is 0 Å². The van der Waals surface area contributed by atoms with E-state index in [9.17, 15) is 0 Å². The molecule has 1 rings (SSSR count). The molecule has 17 heavy (non-hydrogen) atoms. The van der Waals surface area contributed by atoms with Gasteiger partial charge in [-0.3, -0.25) is 0 Å². The van der Waals surface area contributed by atoms with Gasteiger partial charge in [0.15, 0.2) is 0 Å². The van der Waals surface area contributed by atoms with Gasteiger partial charge in [0.25, 0.3) is 0 Å². The van der Waals surface area contributed by atoms with Crippen molar-refractivity contribution in [3.63, 3.8) is 0 Å². The molecular formula is C15H32N2. The number of nitrogens with zero attached hydrogens (tertiary/aromatic N) is 2. The summed E-state index contributed by atoms with van der Waals surface area (Å²) < 4.78 is 0. The third-order valence-electron chi connectivity index (χ3n) is 4.12. The van der Waals surface area contributed by atoms with Crippen molar-refractivity contribution in [1.29, 1.82) is 0 Å². The molecule has 0 aliphatic carbocycles. The summed E-state index contributed by atoms with van der Waals surface area (Å²) in [7, 11) is 4.43. The van der Waals surface area contributed by atoms with E-state index in [0.29, 0.717) is 0 Å². The summed E-state index contributed by atoms with van der Waals surface area (Å²) in [5.74, 6) is 0. The molecule has 1 fully saturated rings. The molecule has 1 heterocycles. The van der Waals surface area contributed by atoms with Crippen molar-refractivity contribution in [2.24, 2.45) is 0 Å². The minimum atomic E-state index is 0.829. The third kappa shape index (κ3) is 6.42. The van der Waals surface area contributed by atoms with E-state index in [1.54, 1.807) is 0 Å². The third-order valence-corrected chi connectivity index (χ3v) is 4.12. The van der Waals surface area contributed by atoms with Gasteiger partial charge in [-0.25, -0.2) is 0 Å². The molecule has 2 nitrogen and oxygen atoms in total. The molecule has 0 bridgehead atoms. The smallest absolute Gasteiger partial charge is 0.0113 e. The summed E-state index contributed by atoms with van der Waals surface area (Å²) in [4.78, 5) is 5.06. The van der Waals surface area contributed by atoms with Crippen molar-refractivity contribution >= 4 is 0 Å². The van der Waals surface area contributed by atoms with Crippen LogP contribution in [0.25, 0.3) is 0 Å². The SMILES string of the molecule is CCCCCCCCN1CCC(N(C)C)CC1. The highest BCUT2D eigenvalue weighted by atomic mass is 15.2. The first-order chi connectivity index (χ1) is 8.24. The number of piperidine rings is 1. The summed E-state index contributed by atoms with van der Waals surface area (Å²) in [6, 6.07) is 0.829. The minimum Gasteiger partial charge on any atom is -0.306 e. The van der Waals surface area contributed by atoms with E-state index in [4.69, 9.17) is 0 Å². The number of likely N-dealkylation sites (tertiary alicyclic amines) is 1.